The number of hydrogen-bond donors (Lipinski definition) is 3. The van der Waals surface area contributed by atoms with E-state index in [1.165, 1.54) is 4.88 Å². The van der Waals surface area contributed by atoms with Gasteiger partial charge in [0.15, 0.2) is 19.7 Å². The van der Waals surface area contributed by atoms with Gasteiger partial charge in [-0.15, -0.1) is 22.7 Å². The van der Waals surface area contributed by atoms with E-state index in [2.05, 4.69) is 49.5 Å². The first-order valence-electron chi connectivity index (χ1n) is 31.7. The number of nitrogens with two attached hydrogens (primary N) is 1. The standard InChI is InChI=1S/C24H28ClNO3S2.C17H26BClO4S.C13H14BrNOS.C12H17BClNO2.C4H9ClO2S/c1-16(2)13-31(28,29)14-17-5-6-20(21(25)9-17)19-10-22(30-12-19)18-7-8-26-23(11-18)24(3,4)15-27;1-12(2)10-24(20,21)11-13-7-8-14(15(19)9-13)18-22-16(3,4)17(5,6)23-18;1-13(2,8-16)12-5-9(3-4-15-12)11-6-10(14)7-17-11;1-11(2)12(3,4)17-13(16-11)9-6-5-8(15)7-10(9)14;1-4(2)3-8(5,6)7/h5-12,16,27H,13-15H2,1-4H3;7-9,12H,10-11H2,1-6H3;3-7,16H,8H2,1-2H3;5-7H,15H2,1-4H3;4H,3H2,1-2H3. The molecule has 7 aromatic rings. The van der Waals surface area contributed by atoms with Crippen LogP contribution >= 0.6 is 84.1 Å². The minimum absolute atomic E-state index is 0.000498. The zero-order valence-corrected chi connectivity index (χ0v) is 67.4. The van der Waals surface area contributed by atoms with Crippen molar-refractivity contribution in [2.24, 2.45) is 17.8 Å². The van der Waals surface area contributed by atoms with Gasteiger partial charge in [0.1, 0.15) is 0 Å². The Morgan fingerprint density at radius 1 is 0.526 bits per heavy atom. The zero-order chi connectivity index (χ0) is 73.2. The Kier molecular flexibility index (Phi) is 29.7. The van der Waals surface area contributed by atoms with E-state index >= 15 is 0 Å². The van der Waals surface area contributed by atoms with Gasteiger partial charge in [-0.05, 0) is 183 Å². The van der Waals surface area contributed by atoms with Crippen molar-refractivity contribution in [3.63, 3.8) is 0 Å². The molecule has 0 aliphatic carbocycles. The van der Waals surface area contributed by atoms with Gasteiger partial charge in [0, 0.05) is 102 Å². The topological polar surface area (TPSA) is 232 Å². The summed E-state index contributed by atoms with van der Waals surface area (Å²) in [4.78, 5) is 11.0. The maximum atomic E-state index is 12.3. The van der Waals surface area contributed by atoms with Gasteiger partial charge in [0.05, 0.1) is 64.4 Å². The lowest BCUT2D eigenvalue weighted by Gasteiger charge is -2.32. The van der Waals surface area contributed by atoms with E-state index in [4.69, 9.17) is 69.8 Å². The minimum atomic E-state index is -3.25. The zero-order valence-electron chi connectivity index (χ0n) is 58.7. The van der Waals surface area contributed by atoms with Crippen LogP contribution in [0.5, 0.6) is 0 Å². The molecule has 2 fully saturated rings. The SMILES string of the molecule is CC(C)(CO)c1cc(-c2cc(Br)cs2)ccn1.CC(C)CS(=O)(=O)Cc1ccc(-c2csc(-c3ccnc(C(C)(C)CO)c3)c2)c(Cl)c1.CC(C)CS(=O)(=O)Cc1ccc(B2OC(C)(C)C(C)(C)O2)c(Cl)c1.CC(C)CS(=O)(=O)Cl.CC1(C)OB(c2ccc(N)cc2Cl)OC1(C)C. The molecule has 97 heavy (non-hydrogen) atoms. The number of aromatic nitrogens is 2. The molecule has 4 aromatic heterocycles. The third-order valence-corrected chi connectivity index (χ3v) is 25.4. The normalized spacial score (nSPS) is 15.8. The molecule has 9 rings (SSSR count). The number of sulfone groups is 2. The van der Waals surface area contributed by atoms with Crippen molar-refractivity contribution < 1.29 is 54.1 Å². The molecule has 15 nitrogen and oxygen atoms in total. The first kappa shape index (κ1) is 84.2. The highest BCUT2D eigenvalue weighted by Crippen LogP contribution is 2.41. The van der Waals surface area contributed by atoms with Crippen molar-refractivity contribution in [1.29, 1.82) is 0 Å². The highest BCUT2D eigenvalue weighted by Gasteiger charge is 2.53. The monoisotopic (exact) mass is 1570 g/mol. The first-order chi connectivity index (χ1) is 44.5. The highest BCUT2D eigenvalue weighted by molar-refractivity contribution is 9.10. The van der Waals surface area contributed by atoms with Crippen molar-refractivity contribution in [3.05, 3.63) is 156 Å². The molecule has 0 spiro atoms. The molecule has 0 radical (unpaired) electrons. The summed E-state index contributed by atoms with van der Waals surface area (Å²) in [5, 5.41) is 24.7. The Hall–Kier alpha value is -3.46. The quantitative estimate of drug-likeness (QED) is 0.0388. The van der Waals surface area contributed by atoms with Crippen LogP contribution in [-0.4, -0.2) is 113 Å². The highest BCUT2D eigenvalue weighted by atomic mass is 79.9. The van der Waals surface area contributed by atoms with Crippen LogP contribution in [0.1, 0.15) is 147 Å². The fourth-order valence-electron chi connectivity index (χ4n) is 9.61. The summed E-state index contributed by atoms with van der Waals surface area (Å²) in [6.45, 7) is 35.2. The van der Waals surface area contributed by atoms with E-state index in [1.54, 1.807) is 85.3 Å². The van der Waals surface area contributed by atoms with Crippen LogP contribution in [0.15, 0.2) is 119 Å². The number of hydrogen-bond acceptors (Lipinski definition) is 17. The number of rotatable bonds is 19. The van der Waals surface area contributed by atoms with E-state index < -0.39 is 59.6 Å². The number of anilines is 1. The lowest BCUT2D eigenvalue weighted by atomic mass is 9.79. The fourth-order valence-corrected chi connectivity index (χ4v) is 18.0. The van der Waals surface area contributed by atoms with E-state index in [0.29, 0.717) is 31.9 Å². The van der Waals surface area contributed by atoms with Crippen LogP contribution in [0.3, 0.4) is 0 Å². The molecule has 0 saturated carbocycles. The molecule has 4 N–H and O–H groups in total. The van der Waals surface area contributed by atoms with Gasteiger partial charge >= 0.3 is 14.2 Å². The lowest BCUT2D eigenvalue weighted by molar-refractivity contribution is 0.00578. The van der Waals surface area contributed by atoms with Gasteiger partial charge in [0.25, 0.3) is 0 Å². The lowest BCUT2D eigenvalue weighted by Crippen LogP contribution is -2.41. The summed E-state index contributed by atoms with van der Waals surface area (Å²) in [6.07, 6.45) is 3.57. The molecule has 532 valence electrons. The van der Waals surface area contributed by atoms with Crippen molar-refractivity contribution in [2.75, 3.05) is 36.2 Å². The third kappa shape index (κ3) is 24.9. The smallest absolute Gasteiger partial charge is 0.399 e. The number of pyridine rings is 2. The molecule has 27 heteroatoms. The van der Waals surface area contributed by atoms with Gasteiger partial charge in [0.2, 0.25) is 9.05 Å². The number of benzene rings is 3. The molecule has 6 heterocycles. The number of aliphatic hydroxyl groups excluding tert-OH is 2. The second-order valence-electron chi connectivity index (χ2n) is 28.9. The average Bonchev–Trinajstić information content (AvgIpc) is 1.67. The van der Waals surface area contributed by atoms with Crippen LogP contribution in [0.2, 0.25) is 15.1 Å². The number of nitrogen functional groups attached to an aromatic ring is 1. The van der Waals surface area contributed by atoms with Gasteiger partial charge in [-0.2, -0.15) is 0 Å². The Bertz CT molecular complexity index is 4120. The second kappa shape index (κ2) is 34.2. The first-order valence-corrected chi connectivity index (χ1v) is 41.5. The van der Waals surface area contributed by atoms with E-state index in [-0.39, 0.29) is 76.3 Å². The Balaban J connectivity index is 0.000000231. The molecular formula is C70H94B2BrCl4N3O12S5. The number of aliphatic hydroxyl groups is 2. The van der Waals surface area contributed by atoms with E-state index in [9.17, 15) is 35.5 Å². The Morgan fingerprint density at radius 2 is 0.907 bits per heavy atom. The maximum Gasteiger partial charge on any atom is 0.496 e. The van der Waals surface area contributed by atoms with Crippen LogP contribution in [0.25, 0.3) is 32.0 Å². The predicted octanol–water partition coefficient (Wildman–Crippen LogP) is 16.5. The molecule has 2 saturated heterocycles. The summed E-state index contributed by atoms with van der Waals surface area (Å²) >= 11 is 25.8. The third-order valence-electron chi connectivity index (χ3n) is 16.4. The maximum absolute atomic E-state index is 12.3. The summed E-state index contributed by atoms with van der Waals surface area (Å²) in [5.41, 5.74) is 12.7. The predicted molar refractivity (Wildman–Crippen MR) is 411 cm³/mol. The van der Waals surface area contributed by atoms with E-state index in [1.807, 2.05) is 153 Å². The van der Waals surface area contributed by atoms with Gasteiger partial charge in [-0.25, -0.2) is 25.3 Å². The van der Waals surface area contributed by atoms with Crippen molar-refractivity contribution in [3.8, 4) is 32.0 Å². The number of thiophene rings is 2. The van der Waals surface area contributed by atoms with Gasteiger partial charge in [-0.3, -0.25) is 9.97 Å². The number of halogens is 5. The summed E-state index contributed by atoms with van der Waals surface area (Å²) in [7, 11) is -5.64. The van der Waals surface area contributed by atoms with Crippen molar-refractivity contribution in [1.82, 2.24) is 9.97 Å². The summed E-state index contributed by atoms with van der Waals surface area (Å²) in [5.74, 6) is 0.724. The molecule has 0 unspecified atom stereocenters. The Morgan fingerprint density at radius 3 is 1.26 bits per heavy atom. The molecule has 0 amide bonds. The van der Waals surface area contributed by atoms with Gasteiger partial charge in [-0.1, -0.05) is 134 Å². The molecule has 0 bridgehead atoms. The molecular weight excluding hydrogens is 1480 g/mol. The average molecular weight is 1570 g/mol. The van der Waals surface area contributed by atoms with Crippen molar-refractivity contribution in [2.45, 2.75) is 169 Å². The van der Waals surface area contributed by atoms with Crippen LogP contribution in [0.4, 0.5) is 5.69 Å². The minimum Gasteiger partial charge on any atom is -0.399 e. The summed E-state index contributed by atoms with van der Waals surface area (Å²) in [6, 6.07) is 28.3. The van der Waals surface area contributed by atoms with Crippen LogP contribution < -0.4 is 16.7 Å². The molecule has 3 aromatic carbocycles. The van der Waals surface area contributed by atoms with Crippen molar-refractivity contribution >= 4 is 144 Å². The Labute approximate surface area is 614 Å². The van der Waals surface area contributed by atoms with Gasteiger partial charge < -0.3 is 34.6 Å². The van der Waals surface area contributed by atoms with E-state index in [0.717, 1.165) is 53.9 Å². The molecule has 2 aliphatic heterocycles. The van der Waals surface area contributed by atoms with Crippen LogP contribution in [0, 0.1) is 17.8 Å². The molecule has 0 atom stereocenters. The van der Waals surface area contributed by atoms with Crippen LogP contribution in [-0.2, 0) is 69.7 Å². The second-order valence-corrected chi connectivity index (χ2v) is 39.9. The summed E-state index contributed by atoms with van der Waals surface area (Å²) < 4.78 is 94.2. The largest absolute Gasteiger partial charge is 0.496 e. The molecule has 2 aliphatic rings. The number of nitrogens with zero attached hydrogens (tertiary/aromatic N) is 2. The fraction of sp³-hybridized carbons (Fsp3) is 0.486.